The van der Waals surface area contributed by atoms with Crippen LogP contribution < -0.4 is 9.64 Å². The Hall–Kier alpha value is -2.51. The number of benzene rings is 2. The molecule has 1 aromatic heterocycles. The fourth-order valence-corrected chi connectivity index (χ4v) is 5.12. The maximum atomic E-state index is 13.0. The van der Waals surface area contributed by atoms with Gasteiger partial charge in [-0.3, -0.25) is 4.79 Å². The zero-order chi connectivity index (χ0) is 22.5. The lowest BCUT2D eigenvalue weighted by Gasteiger charge is -2.20. The summed E-state index contributed by atoms with van der Waals surface area (Å²) in [7, 11) is 0. The van der Waals surface area contributed by atoms with E-state index in [-0.39, 0.29) is 18.6 Å². The molecule has 8 heteroatoms. The summed E-state index contributed by atoms with van der Waals surface area (Å²) in [6.07, 6.45) is 2.78. The highest BCUT2D eigenvalue weighted by Gasteiger charge is 2.26. The van der Waals surface area contributed by atoms with Crippen molar-refractivity contribution in [1.82, 2.24) is 14.8 Å². The third-order valence-corrected chi connectivity index (χ3v) is 6.99. The van der Waals surface area contributed by atoms with Gasteiger partial charge in [0.25, 0.3) is 0 Å². The predicted molar refractivity (Wildman–Crippen MR) is 129 cm³/mol. The molecule has 0 radical (unpaired) electrons. The molecule has 168 valence electrons. The van der Waals surface area contributed by atoms with Crippen LogP contribution in [-0.4, -0.2) is 33.0 Å². The normalized spacial score (nSPS) is 12.9. The minimum absolute atomic E-state index is 0.0907. The second kappa shape index (κ2) is 10.4. The third-order valence-electron chi connectivity index (χ3n) is 5.75. The summed E-state index contributed by atoms with van der Waals surface area (Å²) in [6.45, 7) is 5.29. The van der Waals surface area contributed by atoms with Crippen molar-refractivity contribution in [3.63, 3.8) is 0 Å². The van der Waals surface area contributed by atoms with Crippen LogP contribution in [0.3, 0.4) is 0 Å². The van der Waals surface area contributed by atoms with Crippen molar-refractivity contribution in [2.24, 2.45) is 0 Å². The molecule has 0 spiro atoms. The molecule has 0 unspecified atom stereocenters. The minimum atomic E-state index is 0.0907. The topological polar surface area (TPSA) is 60.2 Å². The first kappa shape index (κ1) is 22.7. The first-order valence-corrected chi connectivity index (χ1v) is 12.3. The molecule has 0 aliphatic carbocycles. The van der Waals surface area contributed by atoms with Gasteiger partial charge in [0, 0.05) is 18.3 Å². The molecule has 1 aliphatic heterocycles. The molecule has 4 rings (SSSR count). The Morgan fingerprint density at radius 3 is 2.66 bits per heavy atom. The SMILES string of the molecule is CCC(CC)n1c(COc2ccccc2Cl)nnc1SCC(=O)N1CCc2ccccc21. The van der Waals surface area contributed by atoms with Gasteiger partial charge in [-0.25, -0.2) is 0 Å². The number of para-hydroxylation sites is 2. The molecule has 2 aromatic carbocycles. The number of halogens is 1. The molecular weight excluding hydrogens is 444 g/mol. The molecule has 1 amide bonds. The highest BCUT2D eigenvalue weighted by molar-refractivity contribution is 7.99. The highest BCUT2D eigenvalue weighted by atomic mass is 35.5. The van der Waals surface area contributed by atoms with Crippen LogP contribution in [0.1, 0.15) is 44.1 Å². The van der Waals surface area contributed by atoms with E-state index in [1.807, 2.05) is 41.3 Å². The van der Waals surface area contributed by atoms with E-state index >= 15 is 0 Å². The molecule has 6 nitrogen and oxygen atoms in total. The maximum absolute atomic E-state index is 13.0. The number of rotatable bonds is 9. The van der Waals surface area contributed by atoms with E-state index in [2.05, 4.69) is 34.7 Å². The number of carbonyl (C=O) groups excluding carboxylic acids is 1. The maximum Gasteiger partial charge on any atom is 0.237 e. The van der Waals surface area contributed by atoms with E-state index in [0.717, 1.165) is 42.5 Å². The average Bonchev–Trinajstić information content (AvgIpc) is 3.42. The summed E-state index contributed by atoms with van der Waals surface area (Å²) in [5.74, 6) is 1.76. The highest BCUT2D eigenvalue weighted by Crippen LogP contribution is 2.31. The average molecular weight is 471 g/mol. The molecule has 2 heterocycles. The number of amides is 1. The number of carbonyl (C=O) groups is 1. The van der Waals surface area contributed by atoms with Crippen LogP contribution in [0.25, 0.3) is 0 Å². The van der Waals surface area contributed by atoms with Crippen molar-refractivity contribution in [3.8, 4) is 5.75 Å². The van der Waals surface area contributed by atoms with Crippen molar-refractivity contribution >= 4 is 35.0 Å². The van der Waals surface area contributed by atoms with Crippen LogP contribution >= 0.6 is 23.4 Å². The largest absolute Gasteiger partial charge is 0.484 e. The van der Waals surface area contributed by atoms with Crippen molar-refractivity contribution < 1.29 is 9.53 Å². The fourth-order valence-electron chi connectivity index (χ4n) is 4.03. The van der Waals surface area contributed by atoms with Crippen molar-refractivity contribution in [1.29, 1.82) is 0 Å². The summed E-state index contributed by atoms with van der Waals surface area (Å²) in [5.41, 5.74) is 2.25. The number of hydrogen-bond donors (Lipinski definition) is 0. The first-order chi connectivity index (χ1) is 15.6. The van der Waals surface area contributed by atoms with Crippen molar-refractivity contribution in [2.45, 2.75) is 50.9 Å². The Morgan fingerprint density at radius 2 is 1.88 bits per heavy atom. The van der Waals surface area contributed by atoms with Crippen LogP contribution in [0.15, 0.2) is 53.7 Å². The minimum Gasteiger partial charge on any atom is -0.484 e. The van der Waals surface area contributed by atoms with Gasteiger partial charge in [0.2, 0.25) is 5.91 Å². The predicted octanol–water partition coefficient (Wildman–Crippen LogP) is 5.55. The van der Waals surface area contributed by atoms with E-state index in [4.69, 9.17) is 16.3 Å². The third kappa shape index (κ3) is 4.79. The van der Waals surface area contributed by atoms with Gasteiger partial charge in [-0.2, -0.15) is 0 Å². The van der Waals surface area contributed by atoms with Gasteiger partial charge in [-0.15, -0.1) is 10.2 Å². The molecule has 1 aliphatic rings. The van der Waals surface area contributed by atoms with Gasteiger partial charge < -0.3 is 14.2 Å². The molecule has 0 atom stereocenters. The van der Waals surface area contributed by atoms with E-state index in [0.29, 0.717) is 16.5 Å². The Bertz CT molecular complexity index is 1080. The molecule has 0 N–H and O–H groups in total. The lowest BCUT2D eigenvalue weighted by Crippen LogP contribution is -2.30. The number of aromatic nitrogens is 3. The molecule has 0 saturated carbocycles. The number of hydrogen-bond acceptors (Lipinski definition) is 5. The van der Waals surface area contributed by atoms with Crippen LogP contribution in [0.5, 0.6) is 5.75 Å². The summed E-state index contributed by atoms with van der Waals surface area (Å²) in [5, 5.41) is 10.1. The zero-order valence-corrected chi connectivity index (χ0v) is 19.9. The number of fused-ring (bicyclic) bond motifs is 1. The quantitative estimate of drug-likeness (QED) is 0.383. The summed E-state index contributed by atoms with van der Waals surface area (Å²) in [6, 6.07) is 15.7. The fraction of sp³-hybridized carbons (Fsp3) is 0.375. The second-order valence-electron chi connectivity index (χ2n) is 7.67. The molecule has 0 saturated heterocycles. The van der Waals surface area contributed by atoms with E-state index < -0.39 is 0 Å². The zero-order valence-electron chi connectivity index (χ0n) is 18.3. The lowest BCUT2D eigenvalue weighted by molar-refractivity contribution is -0.116. The summed E-state index contributed by atoms with van der Waals surface area (Å²) in [4.78, 5) is 14.8. The van der Waals surface area contributed by atoms with Crippen LogP contribution in [0, 0.1) is 0 Å². The van der Waals surface area contributed by atoms with Crippen LogP contribution in [0.4, 0.5) is 5.69 Å². The number of nitrogens with zero attached hydrogens (tertiary/aromatic N) is 4. The van der Waals surface area contributed by atoms with Gasteiger partial charge in [-0.05, 0) is 43.0 Å². The summed E-state index contributed by atoms with van der Waals surface area (Å²) >= 11 is 7.66. The number of anilines is 1. The van der Waals surface area contributed by atoms with E-state index in [9.17, 15) is 4.79 Å². The number of thioether (sulfide) groups is 1. The Labute approximate surface area is 197 Å². The molecule has 32 heavy (non-hydrogen) atoms. The van der Waals surface area contributed by atoms with Crippen molar-refractivity contribution in [3.05, 3.63) is 64.9 Å². The van der Waals surface area contributed by atoms with Gasteiger partial charge in [0.1, 0.15) is 12.4 Å². The summed E-state index contributed by atoms with van der Waals surface area (Å²) < 4.78 is 8.04. The first-order valence-electron chi connectivity index (χ1n) is 10.9. The smallest absolute Gasteiger partial charge is 0.237 e. The lowest BCUT2D eigenvalue weighted by atomic mass is 10.2. The van der Waals surface area contributed by atoms with Gasteiger partial charge in [-0.1, -0.05) is 67.5 Å². The van der Waals surface area contributed by atoms with E-state index in [1.165, 1.54) is 17.3 Å². The molecular formula is C24H27ClN4O2S. The van der Waals surface area contributed by atoms with Crippen LogP contribution in [-0.2, 0) is 17.8 Å². The molecule has 3 aromatic rings. The monoisotopic (exact) mass is 470 g/mol. The van der Waals surface area contributed by atoms with Crippen LogP contribution in [0.2, 0.25) is 5.02 Å². The Morgan fingerprint density at radius 1 is 1.12 bits per heavy atom. The Balaban J connectivity index is 1.48. The van der Waals surface area contributed by atoms with Gasteiger partial charge in [0.15, 0.2) is 11.0 Å². The van der Waals surface area contributed by atoms with Gasteiger partial charge in [0.05, 0.1) is 10.8 Å². The molecule has 0 fully saturated rings. The van der Waals surface area contributed by atoms with Gasteiger partial charge >= 0.3 is 0 Å². The Kier molecular flexibility index (Phi) is 7.37. The second-order valence-corrected chi connectivity index (χ2v) is 9.02. The standard InChI is InChI=1S/C24H27ClN4O2S/c1-3-18(4-2)29-22(15-31-21-12-8-6-10-19(21)25)26-27-24(29)32-16-23(30)28-14-13-17-9-5-7-11-20(17)28/h5-12,18H,3-4,13-16H2,1-2H3. The molecule has 0 bridgehead atoms. The van der Waals surface area contributed by atoms with Crippen molar-refractivity contribution in [2.75, 3.05) is 17.2 Å². The number of ether oxygens (including phenoxy) is 1. The van der Waals surface area contributed by atoms with E-state index in [1.54, 1.807) is 6.07 Å².